The van der Waals surface area contributed by atoms with Gasteiger partial charge in [0.05, 0.1) is 0 Å². The van der Waals surface area contributed by atoms with Gasteiger partial charge in [-0.05, 0) is 79.1 Å². The van der Waals surface area contributed by atoms with E-state index in [1.54, 1.807) is 53.1 Å². The highest BCUT2D eigenvalue weighted by Gasteiger charge is 2.39. The molecule has 2 unspecified atom stereocenters. The second kappa shape index (κ2) is 11.9. The summed E-state index contributed by atoms with van der Waals surface area (Å²) in [6, 6.07) is 22.5. The Kier molecular flexibility index (Phi) is 8.42. The molecule has 0 aromatic heterocycles. The second-order valence-electron chi connectivity index (χ2n) is 8.67. The molecule has 0 spiro atoms. The molecule has 4 rings (SSSR count). The number of nitrogens with zero attached hydrogens (tertiary/aromatic N) is 1. The number of nitrogens with one attached hydrogen (secondary N) is 1. The Morgan fingerprint density at radius 1 is 1.00 bits per heavy atom. The molecular formula is C28H29FN2O3S. The number of thioether (sulfide) groups is 1. The van der Waals surface area contributed by atoms with Crippen LogP contribution in [0.4, 0.5) is 10.1 Å². The van der Waals surface area contributed by atoms with Gasteiger partial charge in [0.2, 0.25) is 11.8 Å². The van der Waals surface area contributed by atoms with Gasteiger partial charge in [0.15, 0.2) is 0 Å². The molecule has 1 aliphatic heterocycles. The first-order chi connectivity index (χ1) is 17.0. The second-order valence-corrected chi connectivity index (χ2v) is 9.65. The van der Waals surface area contributed by atoms with Crippen molar-refractivity contribution in [3.63, 3.8) is 0 Å². The summed E-state index contributed by atoms with van der Waals surface area (Å²) in [5.41, 5.74) is 1.84. The number of rotatable bonds is 9. The minimum atomic E-state index is -0.492. The van der Waals surface area contributed by atoms with Gasteiger partial charge in [-0.1, -0.05) is 30.3 Å². The Morgan fingerprint density at radius 3 is 2.31 bits per heavy atom. The minimum absolute atomic E-state index is 0.0260. The molecule has 0 aliphatic carbocycles. The van der Waals surface area contributed by atoms with Gasteiger partial charge in [-0.2, -0.15) is 11.8 Å². The van der Waals surface area contributed by atoms with Crippen LogP contribution in [0.1, 0.15) is 18.4 Å². The average molecular weight is 493 g/mol. The van der Waals surface area contributed by atoms with Gasteiger partial charge in [-0.15, -0.1) is 0 Å². The van der Waals surface area contributed by atoms with Gasteiger partial charge in [0, 0.05) is 24.4 Å². The van der Waals surface area contributed by atoms with Crippen molar-refractivity contribution in [2.45, 2.75) is 25.3 Å². The lowest BCUT2D eigenvalue weighted by Crippen LogP contribution is -2.43. The fraction of sp³-hybridized carbons (Fsp3) is 0.286. The normalized spacial score (nSPS) is 17.3. The number of halogens is 1. The molecule has 0 bridgehead atoms. The number of hydrogen-bond acceptors (Lipinski definition) is 4. The van der Waals surface area contributed by atoms with E-state index in [1.165, 1.54) is 17.7 Å². The third-order valence-electron chi connectivity index (χ3n) is 6.07. The molecule has 1 fully saturated rings. The third kappa shape index (κ3) is 6.85. The van der Waals surface area contributed by atoms with Crippen LogP contribution in [-0.2, 0) is 16.0 Å². The molecule has 1 N–H and O–H groups in total. The highest BCUT2D eigenvalue weighted by atomic mass is 32.2. The van der Waals surface area contributed by atoms with E-state index in [-0.39, 0.29) is 23.5 Å². The highest BCUT2D eigenvalue weighted by molar-refractivity contribution is 7.98. The van der Waals surface area contributed by atoms with Crippen LogP contribution < -0.4 is 10.1 Å². The van der Waals surface area contributed by atoms with Crippen molar-refractivity contribution in [3.8, 4) is 11.5 Å². The molecule has 1 heterocycles. The number of ether oxygens (including phenoxy) is 1. The maximum atomic E-state index is 13.2. The predicted octanol–water partition coefficient (Wildman–Crippen LogP) is 5.77. The van der Waals surface area contributed by atoms with Gasteiger partial charge in [0.25, 0.3) is 0 Å². The van der Waals surface area contributed by atoms with Crippen LogP contribution >= 0.6 is 11.8 Å². The summed E-state index contributed by atoms with van der Waals surface area (Å²) in [4.78, 5) is 27.9. The molecule has 2 atom stereocenters. The van der Waals surface area contributed by atoms with Gasteiger partial charge in [0.1, 0.15) is 23.4 Å². The van der Waals surface area contributed by atoms with Crippen LogP contribution in [0.5, 0.6) is 11.5 Å². The van der Waals surface area contributed by atoms with E-state index < -0.39 is 6.04 Å². The van der Waals surface area contributed by atoms with Crippen molar-refractivity contribution in [1.82, 2.24) is 4.90 Å². The topological polar surface area (TPSA) is 58.6 Å². The van der Waals surface area contributed by atoms with Crippen molar-refractivity contribution >= 4 is 29.3 Å². The number of amides is 2. The Morgan fingerprint density at radius 2 is 1.66 bits per heavy atom. The number of carbonyl (C=O) groups is 2. The van der Waals surface area contributed by atoms with E-state index >= 15 is 0 Å². The molecule has 0 saturated carbocycles. The molecule has 2 amide bonds. The lowest BCUT2D eigenvalue weighted by molar-refractivity contribution is -0.136. The van der Waals surface area contributed by atoms with Crippen LogP contribution in [-0.4, -0.2) is 41.3 Å². The predicted molar refractivity (Wildman–Crippen MR) is 138 cm³/mol. The summed E-state index contributed by atoms with van der Waals surface area (Å²) in [5, 5.41) is 2.96. The molecule has 3 aromatic carbocycles. The lowest BCUT2D eigenvalue weighted by Gasteiger charge is -2.24. The van der Waals surface area contributed by atoms with Crippen LogP contribution in [0.15, 0.2) is 78.9 Å². The molecule has 182 valence electrons. The van der Waals surface area contributed by atoms with Gasteiger partial charge in [-0.3, -0.25) is 9.59 Å². The Hall–Kier alpha value is -3.32. The van der Waals surface area contributed by atoms with E-state index in [1.807, 2.05) is 24.5 Å². The molecule has 35 heavy (non-hydrogen) atoms. The van der Waals surface area contributed by atoms with E-state index in [9.17, 15) is 14.0 Å². The molecule has 7 heteroatoms. The first-order valence-corrected chi connectivity index (χ1v) is 13.1. The molecule has 1 aliphatic rings. The lowest BCUT2D eigenvalue weighted by atomic mass is 9.96. The smallest absolute Gasteiger partial charge is 0.247 e. The fourth-order valence-electron chi connectivity index (χ4n) is 4.35. The fourth-order valence-corrected chi connectivity index (χ4v) is 4.72. The summed E-state index contributed by atoms with van der Waals surface area (Å²) in [5.74, 6) is 1.60. The zero-order valence-corrected chi connectivity index (χ0v) is 20.5. The monoisotopic (exact) mass is 492 g/mol. The maximum absolute atomic E-state index is 13.2. The molecule has 5 nitrogen and oxygen atoms in total. The summed E-state index contributed by atoms with van der Waals surface area (Å²) in [6.45, 7) is 0.588. The maximum Gasteiger partial charge on any atom is 0.247 e. The van der Waals surface area contributed by atoms with Crippen LogP contribution in [0.2, 0.25) is 0 Å². The minimum Gasteiger partial charge on any atom is -0.457 e. The van der Waals surface area contributed by atoms with Crippen LogP contribution in [0.25, 0.3) is 0 Å². The van der Waals surface area contributed by atoms with E-state index in [0.717, 1.165) is 12.2 Å². The molecular weight excluding hydrogens is 463 g/mol. The molecule has 3 aromatic rings. The largest absolute Gasteiger partial charge is 0.457 e. The van der Waals surface area contributed by atoms with Gasteiger partial charge >= 0.3 is 0 Å². The zero-order chi connectivity index (χ0) is 24.6. The molecule has 1 saturated heterocycles. The van der Waals surface area contributed by atoms with Crippen molar-refractivity contribution < 1.29 is 18.7 Å². The summed E-state index contributed by atoms with van der Waals surface area (Å²) in [7, 11) is 0. The van der Waals surface area contributed by atoms with Crippen molar-refractivity contribution in [2.75, 3.05) is 23.9 Å². The quantitative estimate of drug-likeness (QED) is 0.412. The van der Waals surface area contributed by atoms with Crippen molar-refractivity contribution in [3.05, 3.63) is 90.2 Å². The van der Waals surface area contributed by atoms with Crippen molar-refractivity contribution in [1.29, 1.82) is 0 Å². The number of anilines is 1. The molecule has 0 radical (unpaired) electrons. The average Bonchev–Trinajstić information content (AvgIpc) is 3.30. The Bertz CT molecular complexity index is 1120. The Balaban J connectivity index is 1.41. The summed E-state index contributed by atoms with van der Waals surface area (Å²) < 4.78 is 18.8. The van der Waals surface area contributed by atoms with Gasteiger partial charge < -0.3 is 15.0 Å². The van der Waals surface area contributed by atoms with E-state index in [4.69, 9.17) is 4.74 Å². The number of benzene rings is 3. The van der Waals surface area contributed by atoms with Gasteiger partial charge in [-0.25, -0.2) is 4.39 Å². The Labute approximate surface area is 209 Å². The third-order valence-corrected chi connectivity index (χ3v) is 6.68. The van der Waals surface area contributed by atoms with E-state index in [2.05, 4.69) is 17.4 Å². The van der Waals surface area contributed by atoms with Crippen LogP contribution in [0, 0.1) is 11.7 Å². The highest BCUT2D eigenvalue weighted by Crippen LogP contribution is 2.29. The number of carbonyl (C=O) groups excluding carboxylic acids is 2. The van der Waals surface area contributed by atoms with Crippen molar-refractivity contribution in [2.24, 2.45) is 5.92 Å². The standard InChI is InChI=1S/C28H29FN2O3S/c1-35-16-15-27(32)31-19-21(17-20-5-3-2-4-6-20)18-26(31)28(33)30-23-9-13-25(14-10-23)34-24-11-7-22(29)8-12-24/h2-14,21,26H,15-19H2,1H3,(H,30,33). The first kappa shape index (κ1) is 24.8. The zero-order valence-electron chi connectivity index (χ0n) is 19.7. The first-order valence-electron chi connectivity index (χ1n) is 11.7. The number of hydrogen-bond donors (Lipinski definition) is 1. The SMILES string of the molecule is CSCCC(=O)N1CC(Cc2ccccc2)CC1C(=O)Nc1ccc(Oc2ccc(F)cc2)cc1. The summed E-state index contributed by atoms with van der Waals surface area (Å²) >= 11 is 1.63. The van der Waals surface area contributed by atoms with Crippen LogP contribution in [0.3, 0.4) is 0 Å². The van der Waals surface area contributed by atoms with E-state index in [0.29, 0.717) is 36.6 Å². The number of likely N-dealkylation sites (tertiary alicyclic amines) is 1. The summed E-state index contributed by atoms with van der Waals surface area (Å²) in [6.07, 6.45) is 3.88.